The van der Waals surface area contributed by atoms with E-state index in [9.17, 15) is 4.39 Å². The molecule has 2 N–H and O–H groups in total. The predicted octanol–water partition coefficient (Wildman–Crippen LogP) is 3.00. The normalized spacial score (nSPS) is 12.1. The van der Waals surface area contributed by atoms with Gasteiger partial charge in [-0.25, -0.2) is 4.39 Å². The van der Waals surface area contributed by atoms with Crippen LogP contribution in [0.25, 0.3) is 0 Å². The Balaban J connectivity index is 0.00000169. The number of hydrogen-bond donors (Lipinski definition) is 1. The van der Waals surface area contributed by atoms with Crippen molar-refractivity contribution in [1.29, 1.82) is 0 Å². The van der Waals surface area contributed by atoms with Crippen LogP contribution >= 0.6 is 12.4 Å². The maximum absolute atomic E-state index is 12.4. The van der Waals surface area contributed by atoms with Crippen molar-refractivity contribution < 1.29 is 4.39 Å². The van der Waals surface area contributed by atoms with Gasteiger partial charge in [-0.15, -0.1) is 12.4 Å². The fourth-order valence-electron chi connectivity index (χ4n) is 1.85. The molecule has 0 amide bonds. The van der Waals surface area contributed by atoms with Crippen LogP contribution in [0.4, 0.5) is 4.39 Å². The summed E-state index contributed by atoms with van der Waals surface area (Å²) in [6.45, 7) is 5.49. The van der Waals surface area contributed by atoms with Gasteiger partial charge < -0.3 is 5.73 Å². The summed E-state index contributed by atoms with van der Waals surface area (Å²) in [5.41, 5.74) is 9.99. The highest BCUT2D eigenvalue weighted by molar-refractivity contribution is 5.85. The molecular weight excluding hydrogens is 201 g/mol. The SMILES string of the molecule is Cc1cc(C)c([C@H](N)CF)c(C)c1.Cl. The molecule has 0 fully saturated rings. The minimum absolute atomic E-state index is 0. The van der Waals surface area contributed by atoms with Crippen LogP contribution < -0.4 is 5.73 Å². The molecule has 1 rings (SSSR count). The molecule has 0 heterocycles. The summed E-state index contributed by atoms with van der Waals surface area (Å²) in [6.07, 6.45) is 0. The Morgan fingerprint density at radius 2 is 1.64 bits per heavy atom. The molecule has 1 aromatic carbocycles. The molecule has 0 radical (unpaired) electrons. The highest BCUT2D eigenvalue weighted by atomic mass is 35.5. The molecule has 14 heavy (non-hydrogen) atoms. The Morgan fingerprint density at radius 1 is 1.21 bits per heavy atom. The van der Waals surface area contributed by atoms with E-state index >= 15 is 0 Å². The van der Waals surface area contributed by atoms with E-state index in [0.29, 0.717) is 0 Å². The molecule has 1 nitrogen and oxygen atoms in total. The maximum Gasteiger partial charge on any atom is 0.109 e. The van der Waals surface area contributed by atoms with E-state index in [1.165, 1.54) is 5.56 Å². The van der Waals surface area contributed by atoms with Crippen molar-refractivity contribution in [3.05, 3.63) is 34.4 Å². The lowest BCUT2D eigenvalue weighted by atomic mass is 9.95. The van der Waals surface area contributed by atoms with Gasteiger partial charge in [0.2, 0.25) is 0 Å². The van der Waals surface area contributed by atoms with Crippen LogP contribution in [0.3, 0.4) is 0 Å². The number of alkyl halides is 1. The standard InChI is InChI=1S/C11H16FN.ClH/c1-7-4-8(2)11(9(3)5-7)10(13)6-12;/h4-5,10H,6,13H2,1-3H3;1H/t10-;/m1./s1. The quantitative estimate of drug-likeness (QED) is 0.810. The van der Waals surface area contributed by atoms with Gasteiger partial charge in [-0.1, -0.05) is 17.7 Å². The van der Waals surface area contributed by atoms with Crippen molar-refractivity contribution in [2.75, 3.05) is 6.67 Å². The first-order valence-electron chi connectivity index (χ1n) is 4.45. The zero-order valence-electron chi connectivity index (χ0n) is 8.80. The van der Waals surface area contributed by atoms with E-state index in [0.717, 1.165) is 16.7 Å². The zero-order chi connectivity index (χ0) is 10.0. The van der Waals surface area contributed by atoms with Gasteiger partial charge in [0, 0.05) is 0 Å². The Morgan fingerprint density at radius 3 is 2.00 bits per heavy atom. The summed E-state index contributed by atoms with van der Waals surface area (Å²) in [7, 11) is 0. The first-order valence-corrected chi connectivity index (χ1v) is 4.45. The van der Waals surface area contributed by atoms with Crippen LogP contribution in [0.5, 0.6) is 0 Å². The zero-order valence-corrected chi connectivity index (χ0v) is 9.62. The lowest BCUT2D eigenvalue weighted by Crippen LogP contribution is -2.15. The van der Waals surface area contributed by atoms with Crippen LogP contribution in [-0.4, -0.2) is 6.67 Å². The number of nitrogens with two attached hydrogens (primary N) is 1. The van der Waals surface area contributed by atoms with Gasteiger partial charge >= 0.3 is 0 Å². The van der Waals surface area contributed by atoms with E-state index in [2.05, 4.69) is 0 Å². The molecule has 0 saturated carbocycles. The maximum atomic E-state index is 12.4. The first-order chi connectivity index (χ1) is 6.06. The van der Waals surface area contributed by atoms with E-state index in [4.69, 9.17) is 5.73 Å². The van der Waals surface area contributed by atoms with Crippen LogP contribution in [0.15, 0.2) is 12.1 Å². The summed E-state index contributed by atoms with van der Waals surface area (Å²) in [6, 6.07) is 3.61. The number of aryl methyl sites for hydroxylation is 3. The van der Waals surface area contributed by atoms with E-state index in [-0.39, 0.29) is 12.4 Å². The molecular formula is C11H17ClFN. The fraction of sp³-hybridized carbons (Fsp3) is 0.455. The van der Waals surface area contributed by atoms with Gasteiger partial charge in [-0.05, 0) is 37.5 Å². The van der Waals surface area contributed by atoms with Gasteiger partial charge in [0.05, 0.1) is 6.04 Å². The number of benzene rings is 1. The summed E-state index contributed by atoms with van der Waals surface area (Å²) < 4.78 is 12.4. The number of rotatable bonds is 2. The monoisotopic (exact) mass is 217 g/mol. The molecule has 0 spiro atoms. The van der Waals surface area contributed by atoms with Crippen molar-refractivity contribution >= 4 is 12.4 Å². The average Bonchev–Trinajstić information content (AvgIpc) is 2.02. The summed E-state index contributed by atoms with van der Waals surface area (Å²) >= 11 is 0. The van der Waals surface area contributed by atoms with Crippen molar-refractivity contribution in [1.82, 2.24) is 0 Å². The topological polar surface area (TPSA) is 26.0 Å². The molecule has 0 saturated heterocycles. The predicted molar refractivity (Wildman–Crippen MR) is 60.8 cm³/mol. The molecule has 0 aliphatic heterocycles. The molecule has 3 heteroatoms. The molecule has 80 valence electrons. The van der Waals surface area contributed by atoms with Crippen molar-refractivity contribution in [2.24, 2.45) is 5.73 Å². The van der Waals surface area contributed by atoms with E-state index in [1.54, 1.807) is 0 Å². The largest absolute Gasteiger partial charge is 0.322 e. The third-order valence-corrected chi connectivity index (χ3v) is 2.28. The summed E-state index contributed by atoms with van der Waals surface area (Å²) in [5, 5.41) is 0. The second-order valence-electron chi connectivity index (χ2n) is 3.57. The average molecular weight is 218 g/mol. The van der Waals surface area contributed by atoms with Gasteiger partial charge in [-0.2, -0.15) is 0 Å². The van der Waals surface area contributed by atoms with Crippen molar-refractivity contribution in [2.45, 2.75) is 26.8 Å². The van der Waals surface area contributed by atoms with Crippen LogP contribution in [0, 0.1) is 20.8 Å². The van der Waals surface area contributed by atoms with Crippen LogP contribution in [0.1, 0.15) is 28.3 Å². The van der Waals surface area contributed by atoms with Crippen molar-refractivity contribution in [3.8, 4) is 0 Å². The smallest absolute Gasteiger partial charge is 0.109 e. The molecule has 0 aliphatic carbocycles. The second-order valence-corrected chi connectivity index (χ2v) is 3.57. The Bertz CT molecular complexity index is 289. The van der Waals surface area contributed by atoms with Crippen LogP contribution in [0.2, 0.25) is 0 Å². The molecule has 1 atom stereocenters. The highest BCUT2D eigenvalue weighted by Gasteiger charge is 2.11. The van der Waals surface area contributed by atoms with E-state index in [1.807, 2.05) is 32.9 Å². The Kier molecular flexibility index (Phi) is 5.09. The van der Waals surface area contributed by atoms with Gasteiger partial charge in [0.25, 0.3) is 0 Å². The van der Waals surface area contributed by atoms with E-state index < -0.39 is 12.7 Å². The van der Waals surface area contributed by atoms with Gasteiger partial charge in [-0.3, -0.25) is 0 Å². The summed E-state index contributed by atoms with van der Waals surface area (Å²) in [4.78, 5) is 0. The fourth-order valence-corrected chi connectivity index (χ4v) is 1.85. The molecule has 0 aliphatic rings. The number of hydrogen-bond acceptors (Lipinski definition) is 1. The molecule has 1 aromatic rings. The molecule has 0 bridgehead atoms. The Hall–Kier alpha value is -0.600. The van der Waals surface area contributed by atoms with Gasteiger partial charge in [0.15, 0.2) is 0 Å². The Labute approximate surface area is 90.9 Å². The third-order valence-electron chi connectivity index (χ3n) is 2.28. The number of halogens is 2. The van der Waals surface area contributed by atoms with Crippen molar-refractivity contribution in [3.63, 3.8) is 0 Å². The summed E-state index contributed by atoms with van der Waals surface area (Å²) in [5.74, 6) is 0. The lowest BCUT2D eigenvalue weighted by molar-refractivity contribution is 0.435. The highest BCUT2D eigenvalue weighted by Crippen LogP contribution is 2.22. The van der Waals surface area contributed by atoms with Crippen LogP contribution in [-0.2, 0) is 0 Å². The second kappa shape index (κ2) is 5.32. The lowest BCUT2D eigenvalue weighted by Gasteiger charge is -2.15. The molecule has 0 unspecified atom stereocenters. The van der Waals surface area contributed by atoms with Gasteiger partial charge in [0.1, 0.15) is 6.67 Å². The minimum atomic E-state index is -0.495. The molecule has 0 aromatic heterocycles. The minimum Gasteiger partial charge on any atom is -0.322 e. The first kappa shape index (κ1) is 13.4. The third kappa shape index (κ3) is 2.69.